The number of aromatic nitrogens is 4. The predicted octanol–water partition coefficient (Wildman–Crippen LogP) is 0.434. The number of nitrogens with one attached hydrogen (secondary N) is 1. The number of methoxy groups -OCH3 is 1. The number of carbonyl (C=O) groups excluding carboxylic acids is 2. The van der Waals surface area contributed by atoms with Gasteiger partial charge in [-0.15, -0.1) is 5.10 Å². The van der Waals surface area contributed by atoms with Crippen molar-refractivity contribution in [2.24, 2.45) is 5.73 Å². The number of pyridine rings is 1. The van der Waals surface area contributed by atoms with Crippen LogP contribution in [-0.2, 0) is 9.59 Å². The zero-order valence-corrected chi connectivity index (χ0v) is 13.9. The molecule has 0 saturated heterocycles. The fraction of sp³-hybridized carbons (Fsp3) is 0.438. The maximum atomic E-state index is 11.3. The Bertz CT molecular complexity index is 767. The lowest BCUT2D eigenvalue weighted by Gasteiger charge is -2.28. The van der Waals surface area contributed by atoms with Crippen LogP contribution in [-0.4, -0.2) is 44.9 Å². The molecule has 9 nitrogen and oxygen atoms in total. The Hall–Kier alpha value is -2.97. The van der Waals surface area contributed by atoms with E-state index in [1.807, 2.05) is 23.0 Å². The molecule has 1 saturated carbocycles. The molecular weight excluding hydrogens is 324 g/mol. The summed E-state index contributed by atoms with van der Waals surface area (Å²) in [4.78, 5) is 26.5. The molecule has 0 bridgehead atoms. The van der Waals surface area contributed by atoms with Crippen LogP contribution in [0.25, 0.3) is 11.4 Å². The molecule has 0 unspecified atom stereocenters. The zero-order valence-electron chi connectivity index (χ0n) is 13.9. The molecule has 3 rings (SSSR count). The SMILES string of the molecule is COc1cccc(-c2cn(C3CCC(NC(=O)C(N)=O)CC3)nn2)n1. The molecule has 0 atom stereocenters. The van der Waals surface area contributed by atoms with E-state index in [9.17, 15) is 9.59 Å². The average Bonchev–Trinajstić information content (AvgIpc) is 3.12. The van der Waals surface area contributed by atoms with E-state index < -0.39 is 11.8 Å². The fourth-order valence-electron chi connectivity index (χ4n) is 2.98. The van der Waals surface area contributed by atoms with Crippen LogP contribution in [0.15, 0.2) is 24.4 Å². The maximum absolute atomic E-state index is 11.3. The van der Waals surface area contributed by atoms with Gasteiger partial charge in [0, 0.05) is 12.1 Å². The molecule has 1 aliphatic carbocycles. The number of ether oxygens (including phenoxy) is 1. The normalized spacial score (nSPS) is 20.0. The molecule has 3 N–H and O–H groups in total. The average molecular weight is 344 g/mol. The number of carbonyl (C=O) groups is 2. The molecule has 2 aromatic heterocycles. The summed E-state index contributed by atoms with van der Waals surface area (Å²) in [6.45, 7) is 0. The van der Waals surface area contributed by atoms with E-state index in [0.717, 1.165) is 25.7 Å². The first kappa shape index (κ1) is 16.9. The second kappa shape index (κ2) is 7.29. The van der Waals surface area contributed by atoms with Crippen LogP contribution in [0, 0.1) is 0 Å². The molecule has 1 fully saturated rings. The highest BCUT2D eigenvalue weighted by molar-refractivity contribution is 6.34. The molecule has 0 aromatic carbocycles. The zero-order chi connectivity index (χ0) is 17.8. The molecule has 2 aromatic rings. The van der Waals surface area contributed by atoms with Gasteiger partial charge in [0.1, 0.15) is 5.69 Å². The van der Waals surface area contributed by atoms with E-state index in [4.69, 9.17) is 10.5 Å². The minimum Gasteiger partial charge on any atom is -0.481 e. The Morgan fingerprint density at radius 1 is 1.24 bits per heavy atom. The van der Waals surface area contributed by atoms with Crippen LogP contribution in [0.2, 0.25) is 0 Å². The van der Waals surface area contributed by atoms with Gasteiger partial charge in [-0.25, -0.2) is 9.67 Å². The Labute approximate surface area is 144 Å². The van der Waals surface area contributed by atoms with Gasteiger partial charge in [-0.3, -0.25) is 9.59 Å². The third kappa shape index (κ3) is 3.93. The van der Waals surface area contributed by atoms with Crippen LogP contribution in [0.4, 0.5) is 0 Å². The first-order chi connectivity index (χ1) is 12.1. The Balaban J connectivity index is 1.62. The van der Waals surface area contributed by atoms with Crippen molar-refractivity contribution in [1.82, 2.24) is 25.3 Å². The first-order valence-electron chi connectivity index (χ1n) is 8.10. The van der Waals surface area contributed by atoms with E-state index in [0.29, 0.717) is 17.3 Å². The Kier molecular flexibility index (Phi) is 4.92. The minimum absolute atomic E-state index is 0.0284. The van der Waals surface area contributed by atoms with Gasteiger partial charge in [-0.2, -0.15) is 0 Å². The highest BCUT2D eigenvalue weighted by Crippen LogP contribution is 2.29. The lowest BCUT2D eigenvalue weighted by Crippen LogP contribution is -2.44. The summed E-state index contributed by atoms with van der Waals surface area (Å²) in [5.41, 5.74) is 6.35. The van der Waals surface area contributed by atoms with E-state index in [1.54, 1.807) is 13.2 Å². The summed E-state index contributed by atoms with van der Waals surface area (Å²) in [5, 5.41) is 11.1. The summed E-state index contributed by atoms with van der Waals surface area (Å²) < 4.78 is 6.96. The molecule has 132 valence electrons. The number of rotatable bonds is 4. The summed E-state index contributed by atoms with van der Waals surface area (Å²) in [5.74, 6) is -1.15. The third-order valence-corrected chi connectivity index (χ3v) is 4.34. The Morgan fingerprint density at radius 2 is 2.00 bits per heavy atom. The van der Waals surface area contributed by atoms with E-state index in [1.165, 1.54) is 0 Å². The maximum Gasteiger partial charge on any atom is 0.309 e. The van der Waals surface area contributed by atoms with E-state index in [-0.39, 0.29) is 12.1 Å². The summed E-state index contributed by atoms with van der Waals surface area (Å²) in [6.07, 6.45) is 5.05. The van der Waals surface area contributed by atoms with Crippen molar-refractivity contribution in [3.05, 3.63) is 24.4 Å². The van der Waals surface area contributed by atoms with Crippen LogP contribution >= 0.6 is 0 Å². The van der Waals surface area contributed by atoms with E-state index in [2.05, 4.69) is 20.6 Å². The molecule has 25 heavy (non-hydrogen) atoms. The van der Waals surface area contributed by atoms with Crippen molar-refractivity contribution in [3.63, 3.8) is 0 Å². The molecule has 9 heteroatoms. The van der Waals surface area contributed by atoms with Crippen molar-refractivity contribution in [2.45, 2.75) is 37.8 Å². The number of hydrogen-bond acceptors (Lipinski definition) is 6. The number of hydrogen-bond donors (Lipinski definition) is 2. The topological polar surface area (TPSA) is 125 Å². The highest BCUT2D eigenvalue weighted by Gasteiger charge is 2.25. The van der Waals surface area contributed by atoms with E-state index >= 15 is 0 Å². The van der Waals surface area contributed by atoms with Gasteiger partial charge in [0.05, 0.1) is 25.0 Å². The summed E-state index contributed by atoms with van der Waals surface area (Å²) >= 11 is 0. The second-order valence-corrected chi connectivity index (χ2v) is 5.99. The number of primary amides is 1. The molecule has 2 heterocycles. The standard InChI is InChI=1S/C16H20N6O3/c1-25-14-4-2-3-12(19-14)13-9-22(21-20-13)11-7-5-10(6-8-11)18-16(24)15(17)23/h2-4,9-11H,5-8H2,1H3,(H2,17,23)(H,18,24). The molecule has 1 aliphatic rings. The number of nitrogens with zero attached hydrogens (tertiary/aromatic N) is 4. The van der Waals surface area contributed by atoms with Crippen molar-refractivity contribution in [3.8, 4) is 17.3 Å². The van der Waals surface area contributed by atoms with Gasteiger partial charge in [0.15, 0.2) is 0 Å². The van der Waals surface area contributed by atoms with Crippen molar-refractivity contribution < 1.29 is 14.3 Å². The van der Waals surface area contributed by atoms with Gasteiger partial charge in [-0.05, 0) is 31.7 Å². The Morgan fingerprint density at radius 3 is 2.68 bits per heavy atom. The molecule has 2 amide bonds. The van der Waals surface area contributed by atoms with Crippen LogP contribution in [0.3, 0.4) is 0 Å². The lowest BCUT2D eigenvalue weighted by molar-refractivity contribution is -0.137. The second-order valence-electron chi connectivity index (χ2n) is 5.99. The van der Waals surface area contributed by atoms with Crippen LogP contribution in [0.1, 0.15) is 31.7 Å². The van der Waals surface area contributed by atoms with Crippen molar-refractivity contribution in [1.29, 1.82) is 0 Å². The van der Waals surface area contributed by atoms with Gasteiger partial charge < -0.3 is 15.8 Å². The highest BCUT2D eigenvalue weighted by atomic mass is 16.5. The summed E-state index contributed by atoms with van der Waals surface area (Å²) in [6, 6.07) is 5.66. The van der Waals surface area contributed by atoms with Crippen LogP contribution < -0.4 is 15.8 Å². The molecule has 0 radical (unpaired) electrons. The van der Waals surface area contributed by atoms with Crippen LogP contribution in [0.5, 0.6) is 5.88 Å². The fourth-order valence-corrected chi connectivity index (χ4v) is 2.98. The van der Waals surface area contributed by atoms with Crippen molar-refractivity contribution in [2.75, 3.05) is 7.11 Å². The van der Waals surface area contributed by atoms with Crippen molar-refractivity contribution >= 4 is 11.8 Å². The summed E-state index contributed by atoms with van der Waals surface area (Å²) in [7, 11) is 1.57. The monoisotopic (exact) mass is 344 g/mol. The first-order valence-corrected chi connectivity index (χ1v) is 8.10. The smallest absolute Gasteiger partial charge is 0.309 e. The predicted molar refractivity (Wildman–Crippen MR) is 88.4 cm³/mol. The minimum atomic E-state index is -0.950. The van der Waals surface area contributed by atoms with Gasteiger partial charge in [0.25, 0.3) is 0 Å². The quantitative estimate of drug-likeness (QED) is 0.775. The molecular formula is C16H20N6O3. The largest absolute Gasteiger partial charge is 0.481 e. The third-order valence-electron chi connectivity index (χ3n) is 4.34. The lowest BCUT2D eigenvalue weighted by atomic mass is 9.91. The molecule has 0 aliphatic heterocycles. The number of nitrogens with two attached hydrogens (primary N) is 1. The number of amides is 2. The van der Waals surface area contributed by atoms with Gasteiger partial charge >= 0.3 is 11.8 Å². The molecule has 0 spiro atoms. The van der Waals surface area contributed by atoms with Gasteiger partial charge in [-0.1, -0.05) is 11.3 Å². The van der Waals surface area contributed by atoms with Gasteiger partial charge in [0.2, 0.25) is 5.88 Å².